The van der Waals surface area contributed by atoms with Gasteiger partial charge in [-0.15, -0.1) is 0 Å². The number of fused-ring (bicyclic) bond motifs is 1. The number of nitrogens with zero attached hydrogens (tertiary/aromatic N) is 3. The van der Waals surface area contributed by atoms with E-state index in [1.54, 1.807) is 0 Å². The zero-order chi connectivity index (χ0) is 18.6. The van der Waals surface area contributed by atoms with Gasteiger partial charge in [-0.05, 0) is 36.2 Å². The van der Waals surface area contributed by atoms with Crippen molar-refractivity contribution in [3.8, 4) is 0 Å². The number of benzene rings is 2. The van der Waals surface area contributed by atoms with E-state index in [2.05, 4.69) is 22.2 Å². The second-order valence-corrected chi connectivity index (χ2v) is 7.38. The number of hydrogen-bond acceptors (Lipinski definition) is 4. The van der Waals surface area contributed by atoms with Gasteiger partial charge in [-0.1, -0.05) is 41.0 Å². The van der Waals surface area contributed by atoms with Crippen molar-refractivity contribution in [1.82, 2.24) is 15.0 Å². The Morgan fingerprint density at radius 1 is 1.04 bits per heavy atom. The molecule has 1 amide bonds. The van der Waals surface area contributed by atoms with Crippen LogP contribution in [0.4, 0.5) is 0 Å². The summed E-state index contributed by atoms with van der Waals surface area (Å²) in [6, 6.07) is 15.6. The topological polar surface area (TPSA) is 49.6 Å². The van der Waals surface area contributed by atoms with Gasteiger partial charge in [0.1, 0.15) is 5.69 Å². The highest BCUT2D eigenvalue weighted by Gasteiger charge is 2.21. The Labute approximate surface area is 163 Å². The molecule has 2 heterocycles. The minimum Gasteiger partial charge on any atom is -0.356 e. The second kappa shape index (κ2) is 8.11. The summed E-state index contributed by atoms with van der Waals surface area (Å²) in [6.45, 7) is 4.26. The predicted molar refractivity (Wildman–Crippen MR) is 106 cm³/mol. The molecular weight excluding hydrogens is 362 g/mol. The van der Waals surface area contributed by atoms with Crippen molar-refractivity contribution in [3.05, 3.63) is 64.8 Å². The number of aromatic nitrogens is 1. The molecule has 0 bridgehead atoms. The number of para-hydroxylation sites is 1. The summed E-state index contributed by atoms with van der Waals surface area (Å²) in [5.74, 6) is 0.113. The van der Waals surface area contributed by atoms with E-state index in [9.17, 15) is 4.79 Å². The highest BCUT2D eigenvalue weighted by molar-refractivity contribution is 6.30. The maximum absolute atomic E-state index is 12.8. The fraction of sp³-hybridized carbons (Fsp3) is 0.333. The summed E-state index contributed by atoms with van der Waals surface area (Å²) >= 11 is 5.96. The smallest absolute Gasteiger partial charge is 0.228 e. The maximum atomic E-state index is 12.8. The molecule has 2 aromatic carbocycles. The van der Waals surface area contributed by atoms with Gasteiger partial charge in [0, 0.05) is 43.1 Å². The maximum Gasteiger partial charge on any atom is 0.228 e. The summed E-state index contributed by atoms with van der Waals surface area (Å²) in [7, 11) is 0. The van der Waals surface area contributed by atoms with Crippen molar-refractivity contribution < 1.29 is 9.32 Å². The van der Waals surface area contributed by atoms with Gasteiger partial charge >= 0.3 is 0 Å². The van der Waals surface area contributed by atoms with Crippen molar-refractivity contribution in [2.24, 2.45) is 0 Å². The first-order chi connectivity index (χ1) is 13.2. The molecule has 0 aliphatic carbocycles. The molecule has 0 radical (unpaired) electrons. The fourth-order valence-corrected chi connectivity index (χ4v) is 3.67. The first-order valence-corrected chi connectivity index (χ1v) is 9.65. The van der Waals surface area contributed by atoms with Crippen molar-refractivity contribution in [2.75, 3.05) is 26.2 Å². The molecule has 0 atom stereocenters. The monoisotopic (exact) mass is 383 g/mol. The van der Waals surface area contributed by atoms with Gasteiger partial charge in [0.25, 0.3) is 0 Å². The quantitative estimate of drug-likeness (QED) is 0.688. The van der Waals surface area contributed by atoms with E-state index in [4.69, 9.17) is 16.1 Å². The van der Waals surface area contributed by atoms with Crippen LogP contribution in [0, 0.1) is 0 Å². The Kier molecular flexibility index (Phi) is 5.41. The van der Waals surface area contributed by atoms with Crippen LogP contribution in [0.25, 0.3) is 11.0 Å². The lowest BCUT2D eigenvalue weighted by atomic mass is 10.1. The van der Waals surface area contributed by atoms with Gasteiger partial charge < -0.3 is 9.42 Å². The molecule has 1 fully saturated rings. The zero-order valence-electron chi connectivity index (χ0n) is 15.1. The summed E-state index contributed by atoms with van der Waals surface area (Å²) in [4.78, 5) is 17.1. The molecule has 1 saturated heterocycles. The number of rotatable bonds is 4. The van der Waals surface area contributed by atoms with Crippen LogP contribution in [0.15, 0.2) is 53.1 Å². The Morgan fingerprint density at radius 3 is 2.70 bits per heavy atom. The average Bonchev–Trinajstić information content (AvgIpc) is 2.93. The van der Waals surface area contributed by atoms with E-state index >= 15 is 0 Å². The third-order valence-corrected chi connectivity index (χ3v) is 5.28. The second-order valence-electron chi connectivity index (χ2n) is 6.94. The number of carbonyl (C=O) groups is 1. The SMILES string of the molecule is O=C(Cc1noc2ccccc12)N1CCCN(Cc2ccc(Cl)cc2)CC1. The Bertz CT molecular complexity index is 923. The summed E-state index contributed by atoms with van der Waals surface area (Å²) < 4.78 is 5.32. The molecule has 1 aliphatic rings. The molecule has 1 aromatic heterocycles. The molecule has 0 saturated carbocycles. The minimum atomic E-state index is 0.113. The number of carbonyl (C=O) groups excluding carboxylic acids is 1. The summed E-state index contributed by atoms with van der Waals surface area (Å²) in [6.07, 6.45) is 1.26. The standard InChI is InChI=1S/C21H22ClN3O2/c22-17-8-6-16(7-9-17)15-24-10-3-11-25(13-12-24)21(26)14-19-18-4-1-2-5-20(18)27-23-19/h1-2,4-9H,3,10-15H2. The lowest BCUT2D eigenvalue weighted by Gasteiger charge is -2.22. The Balaban J connectivity index is 1.36. The van der Waals surface area contributed by atoms with Crippen molar-refractivity contribution in [3.63, 3.8) is 0 Å². The molecule has 4 rings (SSSR count). The fourth-order valence-electron chi connectivity index (χ4n) is 3.55. The van der Waals surface area contributed by atoms with Gasteiger partial charge in [0.2, 0.25) is 5.91 Å². The molecule has 1 aliphatic heterocycles. The van der Waals surface area contributed by atoms with Crippen molar-refractivity contribution in [2.45, 2.75) is 19.4 Å². The van der Waals surface area contributed by atoms with E-state index < -0.39 is 0 Å². The molecule has 0 spiro atoms. The first-order valence-electron chi connectivity index (χ1n) is 9.27. The molecule has 0 N–H and O–H groups in total. The van der Waals surface area contributed by atoms with Crippen LogP contribution >= 0.6 is 11.6 Å². The molecule has 0 unspecified atom stereocenters. The Morgan fingerprint density at radius 2 is 1.85 bits per heavy atom. The molecule has 140 valence electrons. The minimum absolute atomic E-state index is 0.113. The van der Waals surface area contributed by atoms with Crippen LogP contribution in [0.5, 0.6) is 0 Å². The lowest BCUT2D eigenvalue weighted by Crippen LogP contribution is -2.36. The van der Waals surface area contributed by atoms with Gasteiger partial charge in [-0.2, -0.15) is 0 Å². The van der Waals surface area contributed by atoms with Gasteiger partial charge in [-0.25, -0.2) is 0 Å². The van der Waals surface area contributed by atoms with Crippen LogP contribution in [0.2, 0.25) is 5.02 Å². The molecule has 27 heavy (non-hydrogen) atoms. The predicted octanol–water partition coefficient (Wildman–Crippen LogP) is 3.76. The van der Waals surface area contributed by atoms with Gasteiger partial charge in [0.15, 0.2) is 5.58 Å². The molecule has 5 nitrogen and oxygen atoms in total. The van der Waals surface area contributed by atoms with E-state index in [0.29, 0.717) is 0 Å². The lowest BCUT2D eigenvalue weighted by molar-refractivity contribution is -0.130. The highest BCUT2D eigenvalue weighted by atomic mass is 35.5. The Hall–Kier alpha value is -2.37. The molecular formula is C21H22ClN3O2. The number of hydrogen-bond donors (Lipinski definition) is 0. The average molecular weight is 384 g/mol. The largest absolute Gasteiger partial charge is 0.356 e. The first kappa shape index (κ1) is 18.0. The third kappa shape index (κ3) is 4.31. The van der Waals surface area contributed by atoms with Crippen LogP contribution in [-0.2, 0) is 17.8 Å². The number of halogens is 1. The van der Waals surface area contributed by atoms with Crippen LogP contribution in [0.3, 0.4) is 0 Å². The summed E-state index contributed by atoms with van der Waals surface area (Å²) in [5, 5.41) is 5.77. The highest BCUT2D eigenvalue weighted by Crippen LogP contribution is 2.19. The van der Waals surface area contributed by atoms with E-state index in [-0.39, 0.29) is 12.3 Å². The molecule has 3 aromatic rings. The number of amides is 1. The van der Waals surface area contributed by atoms with Gasteiger partial charge in [0.05, 0.1) is 6.42 Å². The van der Waals surface area contributed by atoms with E-state index in [1.807, 2.05) is 41.3 Å². The zero-order valence-corrected chi connectivity index (χ0v) is 15.9. The van der Waals surface area contributed by atoms with E-state index in [0.717, 1.165) is 60.8 Å². The third-order valence-electron chi connectivity index (χ3n) is 5.03. The van der Waals surface area contributed by atoms with Crippen LogP contribution in [0.1, 0.15) is 17.7 Å². The summed E-state index contributed by atoms with van der Waals surface area (Å²) in [5.41, 5.74) is 2.69. The normalized spacial score (nSPS) is 15.8. The van der Waals surface area contributed by atoms with Crippen LogP contribution in [-0.4, -0.2) is 47.0 Å². The van der Waals surface area contributed by atoms with Gasteiger partial charge in [-0.3, -0.25) is 9.69 Å². The van der Waals surface area contributed by atoms with Crippen molar-refractivity contribution >= 4 is 28.5 Å². The van der Waals surface area contributed by atoms with E-state index in [1.165, 1.54) is 5.56 Å². The van der Waals surface area contributed by atoms with Crippen LogP contribution < -0.4 is 0 Å². The van der Waals surface area contributed by atoms with Crippen molar-refractivity contribution in [1.29, 1.82) is 0 Å². The molecule has 6 heteroatoms.